The lowest BCUT2D eigenvalue weighted by Gasteiger charge is -2.39. The molecule has 0 radical (unpaired) electrons. The number of rotatable bonds is 5. The molecule has 2 fully saturated rings. The average Bonchev–Trinajstić information content (AvgIpc) is 3.17. The van der Waals surface area contributed by atoms with Gasteiger partial charge in [0, 0.05) is 44.0 Å². The first-order valence-electron chi connectivity index (χ1n) is 8.18. The Morgan fingerprint density at radius 3 is 2.95 bits per heavy atom. The second-order valence-electron chi connectivity index (χ2n) is 6.69. The number of nitrogens with zero attached hydrogens (tertiary/aromatic N) is 3. The van der Waals surface area contributed by atoms with Gasteiger partial charge in [-0.15, -0.1) is 0 Å². The van der Waals surface area contributed by atoms with Gasteiger partial charge in [-0.3, -0.25) is 9.58 Å². The number of aromatic nitrogens is 2. The van der Waals surface area contributed by atoms with E-state index < -0.39 is 0 Å². The van der Waals surface area contributed by atoms with Crippen molar-refractivity contribution in [3.8, 4) is 0 Å². The molecular weight excluding hydrogens is 248 g/mol. The van der Waals surface area contributed by atoms with E-state index in [2.05, 4.69) is 47.9 Å². The molecule has 1 aromatic rings. The first-order valence-corrected chi connectivity index (χ1v) is 8.18. The van der Waals surface area contributed by atoms with Gasteiger partial charge in [-0.1, -0.05) is 6.92 Å². The molecule has 3 atom stereocenters. The maximum Gasteiger partial charge on any atom is 0.0765 e. The van der Waals surface area contributed by atoms with E-state index in [1.165, 1.54) is 18.5 Å². The largest absolute Gasteiger partial charge is 0.311 e. The van der Waals surface area contributed by atoms with E-state index in [9.17, 15) is 0 Å². The molecule has 4 heteroatoms. The Bertz CT molecular complexity index is 437. The summed E-state index contributed by atoms with van der Waals surface area (Å²) in [6, 6.07) is 4.02. The van der Waals surface area contributed by atoms with E-state index in [0.29, 0.717) is 12.1 Å². The van der Waals surface area contributed by atoms with Crippen LogP contribution in [0.1, 0.15) is 51.8 Å². The van der Waals surface area contributed by atoms with Crippen LogP contribution in [0.15, 0.2) is 12.3 Å². The van der Waals surface area contributed by atoms with Crippen LogP contribution in [0, 0.1) is 5.92 Å². The van der Waals surface area contributed by atoms with Crippen LogP contribution in [0.4, 0.5) is 0 Å². The molecule has 2 aliphatic rings. The second-order valence-corrected chi connectivity index (χ2v) is 6.69. The topological polar surface area (TPSA) is 33.1 Å². The van der Waals surface area contributed by atoms with Crippen LogP contribution >= 0.6 is 0 Å². The highest BCUT2D eigenvalue weighted by Crippen LogP contribution is 2.36. The van der Waals surface area contributed by atoms with Gasteiger partial charge in [0.25, 0.3) is 0 Å². The van der Waals surface area contributed by atoms with E-state index in [-0.39, 0.29) is 0 Å². The van der Waals surface area contributed by atoms with E-state index in [0.717, 1.165) is 38.0 Å². The third-order valence-electron chi connectivity index (χ3n) is 4.89. The Labute approximate surface area is 122 Å². The summed E-state index contributed by atoms with van der Waals surface area (Å²) in [5.41, 5.74) is 1.23. The van der Waals surface area contributed by atoms with Gasteiger partial charge >= 0.3 is 0 Å². The number of nitrogens with one attached hydrogen (secondary N) is 1. The van der Waals surface area contributed by atoms with E-state index in [1.807, 2.05) is 0 Å². The fourth-order valence-corrected chi connectivity index (χ4v) is 3.23. The van der Waals surface area contributed by atoms with Crippen molar-refractivity contribution in [2.24, 2.45) is 5.92 Å². The Morgan fingerprint density at radius 2 is 2.25 bits per heavy atom. The molecule has 1 N–H and O–H groups in total. The lowest BCUT2D eigenvalue weighted by atomic mass is 10.1. The van der Waals surface area contributed by atoms with Crippen molar-refractivity contribution in [2.75, 3.05) is 13.1 Å². The third kappa shape index (κ3) is 3.07. The van der Waals surface area contributed by atoms with E-state index in [1.54, 1.807) is 0 Å². The lowest BCUT2D eigenvalue weighted by Crippen LogP contribution is -2.55. The van der Waals surface area contributed by atoms with Crippen molar-refractivity contribution in [1.82, 2.24) is 20.0 Å². The molecule has 3 unspecified atom stereocenters. The van der Waals surface area contributed by atoms with Gasteiger partial charge in [0.2, 0.25) is 0 Å². The van der Waals surface area contributed by atoms with Crippen molar-refractivity contribution < 1.29 is 0 Å². The summed E-state index contributed by atoms with van der Waals surface area (Å²) in [6.07, 6.45) is 6.11. The lowest BCUT2D eigenvalue weighted by molar-refractivity contribution is 0.110. The van der Waals surface area contributed by atoms with Crippen LogP contribution in [0.5, 0.6) is 0 Å². The van der Waals surface area contributed by atoms with Crippen LogP contribution in [-0.2, 0) is 6.54 Å². The quantitative estimate of drug-likeness (QED) is 0.896. The van der Waals surface area contributed by atoms with Gasteiger partial charge in [0.1, 0.15) is 0 Å². The summed E-state index contributed by atoms with van der Waals surface area (Å²) in [5.74, 6) is 0.923. The SMILES string of the molecule is CCC(C)n1ccc(CN2CC(C)NCC2C2CC2)n1. The van der Waals surface area contributed by atoms with Crippen molar-refractivity contribution in [2.45, 2.75) is 64.7 Å². The Balaban J connectivity index is 1.66. The molecule has 1 aliphatic carbocycles. The summed E-state index contributed by atoms with van der Waals surface area (Å²) in [5, 5.41) is 8.40. The minimum Gasteiger partial charge on any atom is -0.311 e. The van der Waals surface area contributed by atoms with Gasteiger partial charge in [-0.25, -0.2) is 0 Å². The Morgan fingerprint density at radius 1 is 1.45 bits per heavy atom. The van der Waals surface area contributed by atoms with Crippen LogP contribution in [0.3, 0.4) is 0 Å². The highest BCUT2D eigenvalue weighted by Gasteiger charge is 2.38. The number of piperazine rings is 1. The zero-order valence-corrected chi connectivity index (χ0v) is 13.0. The van der Waals surface area contributed by atoms with Gasteiger partial charge in [0.15, 0.2) is 0 Å². The molecule has 112 valence electrons. The Hall–Kier alpha value is -0.870. The zero-order valence-electron chi connectivity index (χ0n) is 13.0. The highest BCUT2D eigenvalue weighted by atomic mass is 15.3. The van der Waals surface area contributed by atoms with Crippen LogP contribution in [0.25, 0.3) is 0 Å². The van der Waals surface area contributed by atoms with E-state index >= 15 is 0 Å². The van der Waals surface area contributed by atoms with Crippen molar-refractivity contribution in [3.05, 3.63) is 18.0 Å². The molecule has 3 rings (SSSR count). The highest BCUT2D eigenvalue weighted by molar-refractivity contribution is 5.03. The van der Waals surface area contributed by atoms with Gasteiger partial charge in [-0.2, -0.15) is 5.10 Å². The Kier molecular flexibility index (Phi) is 4.13. The first-order chi connectivity index (χ1) is 9.67. The fourth-order valence-electron chi connectivity index (χ4n) is 3.23. The van der Waals surface area contributed by atoms with E-state index in [4.69, 9.17) is 5.10 Å². The molecular formula is C16H28N4. The molecule has 2 heterocycles. The third-order valence-corrected chi connectivity index (χ3v) is 4.89. The molecule has 0 bridgehead atoms. The monoisotopic (exact) mass is 276 g/mol. The summed E-state index contributed by atoms with van der Waals surface area (Å²) in [4.78, 5) is 2.65. The predicted octanol–water partition coefficient (Wildman–Crippen LogP) is 2.43. The van der Waals surface area contributed by atoms with Crippen LogP contribution in [-0.4, -0.2) is 39.9 Å². The number of hydrogen-bond acceptors (Lipinski definition) is 3. The molecule has 0 amide bonds. The maximum atomic E-state index is 4.77. The van der Waals surface area contributed by atoms with Crippen molar-refractivity contribution in [1.29, 1.82) is 0 Å². The van der Waals surface area contributed by atoms with Gasteiger partial charge < -0.3 is 5.32 Å². The predicted molar refractivity (Wildman–Crippen MR) is 81.6 cm³/mol. The summed E-state index contributed by atoms with van der Waals surface area (Å²) < 4.78 is 2.12. The summed E-state index contributed by atoms with van der Waals surface area (Å²) >= 11 is 0. The van der Waals surface area contributed by atoms with Crippen LogP contribution in [0.2, 0.25) is 0 Å². The molecule has 4 nitrogen and oxygen atoms in total. The summed E-state index contributed by atoms with van der Waals surface area (Å²) in [7, 11) is 0. The number of hydrogen-bond donors (Lipinski definition) is 1. The zero-order chi connectivity index (χ0) is 14.1. The van der Waals surface area contributed by atoms with Crippen LogP contribution < -0.4 is 5.32 Å². The molecule has 20 heavy (non-hydrogen) atoms. The first kappa shape index (κ1) is 14.1. The molecule has 1 saturated carbocycles. The maximum absolute atomic E-state index is 4.77. The minimum atomic E-state index is 0.505. The molecule has 1 saturated heterocycles. The molecule has 1 aliphatic heterocycles. The molecule has 0 aromatic carbocycles. The standard InChI is InChI=1S/C16H28N4/c1-4-13(3)20-8-7-15(18-20)11-19-10-12(2)17-9-16(19)14-5-6-14/h7-8,12-14,16-17H,4-6,9-11H2,1-3H3. The van der Waals surface area contributed by atoms with Gasteiger partial charge in [0.05, 0.1) is 5.69 Å². The smallest absolute Gasteiger partial charge is 0.0765 e. The van der Waals surface area contributed by atoms with Crippen molar-refractivity contribution in [3.63, 3.8) is 0 Å². The minimum absolute atomic E-state index is 0.505. The molecule has 1 aromatic heterocycles. The molecule has 0 spiro atoms. The normalized spacial score (nSPS) is 29.6. The fraction of sp³-hybridized carbons (Fsp3) is 0.812. The average molecular weight is 276 g/mol. The summed E-state index contributed by atoms with van der Waals surface area (Å²) in [6.45, 7) is 10.0. The van der Waals surface area contributed by atoms with Crippen molar-refractivity contribution >= 4 is 0 Å². The van der Waals surface area contributed by atoms with Gasteiger partial charge in [-0.05, 0) is 45.1 Å². The second kappa shape index (κ2) is 5.86.